The fourth-order valence-electron chi connectivity index (χ4n) is 0.687. The molecule has 0 unspecified atom stereocenters. The van der Waals surface area contributed by atoms with Gasteiger partial charge in [0, 0.05) is 19.4 Å². The van der Waals surface area contributed by atoms with Crippen molar-refractivity contribution in [2.45, 2.75) is 26.2 Å². The summed E-state index contributed by atoms with van der Waals surface area (Å²) in [6.45, 7) is 1.52. The van der Waals surface area contributed by atoms with Crippen molar-refractivity contribution in [1.82, 2.24) is 5.32 Å². The Labute approximate surface area is 76.1 Å². The Hall–Kier alpha value is -1.39. The fraction of sp³-hybridized carbons (Fsp3) is 0.625. The lowest BCUT2D eigenvalue weighted by Crippen LogP contribution is -2.26. The Morgan fingerprint density at radius 1 is 1.15 bits per heavy atom. The van der Waals surface area contributed by atoms with Gasteiger partial charge in [-0.1, -0.05) is 0 Å². The first-order chi connectivity index (χ1) is 6.02. The van der Waals surface area contributed by atoms with E-state index in [2.05, 4.69) is 5.32 Å². The molecule has 0 radical (unpaired) electrons. The zero-order valence-electron chi connectivity index (χ0n) is 7.50. The van der Waals surface area contributed by atoms with Crippen molar-refractivity contribution >= 4 is 17.7 Å². The third kappa shape index (κ3) is 8.52. The predicted molar refractivity (Wildman–Crippen MR) is 45.2 cm³/mol. The van der Waals surface area contributed by atoms with Gasteiger partial charge in [0.2, 0.25) is 5.91 Å². The average Bonchev–Trinajstić information content (AvgIpc) is 2.00. The fourth-order valence-corrected chi connectivity index (χ4v) is 0.687. The Morgan fingerprint density at radius 3 is 2.23 bits per heavy atom. The summed E-state index contributed by atoms with van der Waals surface area (Å²) in [5, 5.41) is 10.6. The van der Waals surface area contributed by atoms with Gasteiger partial charge in [-0.25, -0.2) is 0 Å². The summed E-state index contributed by atoms with van der Waals surface area (Å²) in [6, 6.07) is 0. The molecule has 0 aromatic carbocycles. The number of ketones is 1. The third-order valence-corrected chi connectivity index (χ3v) is 1.37. The minimum Gasteiger partial charge on any atom is -0.481 e. The minimum atomic E-state index is -0.952. The van der Waals surface area contributed by atoms with E-state index in [0.29, 0.717) is 0 Å². The van der Waals surface area contributed by atoms with Gasteiger partial charge in [0.1, 0.15) is 5.78 Å². The van der Waals surface area contributed by atoms with E-state index in [1.165, 1.54) is 6.92 Å². The highest BCUT2D eigenvalue weighted by atomic mass is 16.4. The SMILES string of the molecule is CC(=O)CCC(=O)NCCC(=O)O. The number of aliphatic carboxylic acids is 1. The van der Waals surface area contributed by atoms with Crippen LogP contribution in [0, 0.1) is 0 Å². The van der Waals surface area contributed by atoms with Gasteiger partial charge < -0.3 is 15.2 Å². The van der Waals surface area contributed by atoms with E-state index >= 15 is 0 Å². The van der Waals surface area contributed by atoms with Crippen LogP contribution in [0.15, 0.2) is 0 Å². The first-order valence-electron chi connectivity index (χ1n) is 4.00. The normalized spacial score (nSPS) is 9.31. The van der Waals surface area contributed by atoms with Gasteiger partial charge in [-0.3, -0.25) is 9.59 Å². The van der Waals surface area contributed by atoms with Crippen LogP contribution in [-0.4, -0.2) is 29.3 Å². The maximum Gasteiger partial charge on any atom is 0.305 e. The van der Waals surface area contributed by atoms with Crippen molar-refractivity contribution in [3.63, 3.8) is 0 Å². The topological polar surface area (TPSA) is 83.5 Å². The van der Waals surface area contributed by atoms with Crippen LogP contribution in [0.2, 0.25) is 0 Å². The summed E-state index contributed by atoms with van der Waals surface area (Å²) in [7, 11) is 0. The van der Waals surface area contributed by atoms with Crippen LogP contribution in [0.5, 0.6) is 0 Å². The smallest absolute Gasteiger partial charge is 0.305 e. The lowest BCUT2D eigenvalue weighted by atomic mass is 10.2. The third-order valence-electron chi connectivity index (χ3n) is 1.37. The second-order valence-corrected chi connectivity index (χ2v) is 2.70. The van der Waals surface area contributed by atoms with Crippen molar-refractivity contribution in [2.75, 3.05) is 6.54 Å². The zero-order chi connectivity index (χ0) is 10.3. The molecule has 2 N–H and O–H groups in total. The number of carboxylic acids is 1. The molecule has 0 saturated heterocycles. The van der Waals surface area contributed by atoms with Gasteiger partial charge in [0.25, 0.3) is 0 Å². The number of carboxylic acid groups (broad SMARTS) is 1. The molecule has 0 aromatic heterocycles. The van der Waals surface area contributed by atoms with Crippen molar-refractivity contribution in [1.29, 1.82) is 0 Å². The first kappa shape index (κ1) is 11.6. The monoisotopic (exact) mass is 187 g/mol. The van der Waals surface area contributed by atoms with Gasteiger partial charge in [0.15, 0.2) is 0 Å². The number of hydrogen-bond acceptors (Lipinski definition) is 3. The predicted octanol–water partition coefficient (Wildman–Crippen LogP) is -0.0535. The van der Waals surface area contributed by atoms with Crippen LogP contribution < -0.4 is 5.32 Å². The number of hydrogen-bond donors (Lipinski definition) is 2. The molecule has 0 saturated carbocycles. The van der Waals surface area contributed by atoms with E-state index < -0.39 is 5.97 Å². The molecule has 0 aromatic rings. The van der Waals surface area contributed by atoms with Crippen LogP contribution in [-0.2, 0) is 14.4 Å². The largest absolute Gasteiger partial charge is 0.481 e. The lowest BCUT2D eigenvalue weighted by Gasteiger charge is -2.01. The molecule has 0 aliphatic rings. The van der Waals surface area contributed by atoms with Crippen molar-refractivity contribution in [3.8, 4) is 0 Å². The molecule has 0 aliphatic carbocycles. The quantitative estimate of drug-likeness (QED) is 0.610. The highest BCUT2D eigenvalue weighted by Gasteiger charge is 2.03. The molecular formula is C8H13NO4. The zero-order valence-corrected chi connectivity index (χ0v) is 7.50. The molecule has 0 spiro atoms. The van der Waals surface area contributed by atoms with E-state index in [9.17, 15) is 14.4 Å². The summed E-state index contributed by atoms with van der Waals surface area (Å²) < 4.78 is 0. The summed E-state index contributed by atoms with van der Waals surface area (Å²) in [4.78, 5) is 31.4. The Kier molecular flexibility index (Phi) is 5.50. The second-order valence-electron chi connectivity index (χ2n) is 2.70. The summed E-state index contributed by atoms with van der Waals surface area (Å²) in [6.07, 6.45) is 0.250. The molecule has 13 heavy (non-hydrogen) atoms. The first-order valence-corrected chi connectivity index (χ1v) is 4.00. The molecule has 0 atom stereocenters. The van der Waals surface area contributed by atoms with Crippen LogP contribution in [0.25, 0.3) is 0 Å². The lowest BCUT2D eigenvalue weighted by molar-refractivity contribution is -0.137. The van der Waals surface area contributed by atoms with E-state index in [-0.39, 0.29) is 37.5 Å². The molecule has 0 rings (SSSR count). The van der Waals surface area contributed by atoms with Gasteiger partial charge >= 0.3 is 5.97 Å². The van der Waals surface area contributed by atoms with Gasteiger partial charge in [-0.15, -0.1) is 0 Å². The van der Waals surface area contributed by atoms with Crippen LogP contribution in [0.1, 0.15) is 26.2 Å². The van der Waals surface area contributed by atoms with E-state index in [1.54, 1.807) is 0 Å². The highest BCUT2D eigenvalue weighted by molar-refractivity contribution is 5.83. The van der Waals surface area contributed by atoms with Crippen molar-refractivity contribution in [3.05, 3.63) is 0 Å². The standard InChI is InChI=1S/C8H13NO4/c1-6(10)2-3-7(11)9-5-4-8(12)13/h2-5H2,1H3,(H,9,11)(H,12,13). The average molecular weight is 187 g/mol. The van der Waals surface area contributed by atoms with Gasteiger partial charge in [-0.05, 0) is 6.92 Å². The number of Topliss-reactive ketones (excluding diaryl/α,β-unsaturated/α-hetero) is 1. The van der Waals surface area contributed by atoms with E-state index in [4.69, 9.17) is 5.11 Å². The number of rotatable bonds is 6. The van der Waals surface area contributed by atoms with E-state index in [1.807, 2.05) is 0 Å². The van der Waals surface area contributed by atoms with Crippen LogP contribution in [0.4, 0.5) is 0 Å². The molecule has 0 heterocycles. The molecule has 0 fully saturated rings. The molecule has 1 amide bonds. The molecule has 5 heteroatoms. The maximum absolute atomic E-state index is 10.9. The van der Waals surface area contributed by atoms with Gasteiger partial charge in [-0.2, -0.15) is 0 Å². The number of amides is 1. The van der Waals surface area contributed by atoms with Crippen LogP contribution >= 0.6 is 0 Å². The Morgan fingerprint density at radius 2 is 1.77 bits per heavy atom. The molecule has 74 valence electrons. The number of carbonyl (C=O) groups excluding carboxylic acids is 2. The molecular weight excluding hydrogens is 174 g/mol. The van der Waals surface area contributed by atoms with E-state index in [0.717, 1.165) is 0 Å². The summed E-state index contributed by atoms with van der Waals surface area (Å²) in [5.41, 5.74) is 0. The minimum absolute atomic E-state index is 0.0478. The molecule has 5 nitrogen and oxygen atoms in total. The Bertz CT molecular complexity index is 212. The summed E-state index contributed by atoms with van der Waals surface area (Å²) >= 11 is 0. The Balaban J connectivity index is 3.41. The highest BCUT2D eigenvalue weighted by Crippen LogP contribution is 1.89. The van der Waals surface area contributed by atoms with Crippen LogP contribution in [0.3, 0.4) is 0 Å². The summed E-state index contributed by atoms with van der Waals surface area (Å²) in [5.74, 6) is -1.28. The van der Waals surface area contributed by atoms with Crippen molar-refractivity contribution < 1.29 is 19.5 Å². The van der Waals surface area contributed by atoms with Gasteiger partial charge in [0.05, 0.1) is 6.42 Å². The van der Waals surface area contributed by atoms with Crippen molar-refractivity contribution in [2.24, 2.45) is 0 Å². The number of nitrogens with one attached hydrogen (secondary N) is 1. The second kappa shape index (κ2) is 6.16. The molecule has 0 bridgehead atoms. The molecule has 0 aliphatic heterocycles. The number of carbonyl (C=O) groups is 3. The maximum atomic E-state index is 10.9.